The normalized spacial score (nSPS) is 27.9. The molecule has 2 aliphatic heterocycles. The molecule has 2 aliphatic rings. The zero-order valence-electron chi connectivity index (χ0n) is 15.2. The number of carbonyl (C=O) groups is 2. The lowest BCUT2D eigenvalue weighted by Gasteiger charge is -2.35. The second kappa shape index (κ2) is 7.54. The van der Waals surface area contributed by atoms with Gasteiger partial charge in [-0.25, -0.2) is 0 Å². The van der Waals surface area contributed by atoms with Gasteiger partial charge in [0.15, 0.2) is 0 Å². The van der Waals surface area contributed by atoms with Crippen molar-refractivity contribution in [3.8, 4) is 0 Å². The number of nitrogens with one attached hydrogen (secondary N) is 1. The van der Waals surface area contributed by atoms with Gasteiger partial charge in [0.05, 0.1) is 12.2 Å². The van der Waals surface area contributed by atoms with E-state index in [9.17, 15) is 9.59 Å². The van der Waals surface area contributed by atoms with Crippen LogP contribution in [0.4, 0.5) is 0 Å². The largest absolute Gasteiger partial charge is 0.373 e. The molecule has 6 heteroatoms. The summed E-state index contributed by atoms with van der Waals surface area (Å²) in [4.78, 5) is 28.4. The van der Waals surface area contributed by atoms with Gasteiger partial charge in [0, 0.05) is 38.3 Å². The summed E-state index contributed by atoms with van der Waals surface area (Å²) in [6, 6.07) is 7.32. The van der Waals surface area contributed by atoms with Gasteiger partial charge in [-0.3, -0.25) is 14.5 Å². The number of amides is 2. The van der Waals surface area contributed by atoms with Crippen LogP contribution < -0.4 is 5.32 Å². The molecule has 2 amide bonds. The lowest BCUT2D eigenvalue weighted by molar-refractivity contribution is -0.127. The zero-order valence-corrected chi connectivity index (χ0v) is 15.2. The highest BCUT2D eigenvalue weighted by molar-refractivity contribution is 5.98. The molecule has 0 aromatic heterocycles. The smallest absolute Gasteiger partial charge is 0.254 e. The van der Waals surface area contributed by atoms with E-state index in [4.69, 9.17) is 4.74 Å². The highest BCUT2D eigenvalue weighted by Gasteiger charge is 2.29. The number of ether oxygens (including phenoxy) is 1. The van der Waals surface area contributed by atoms with Crippen molar-refractivity contribution >= 4 is 11.8 Å². The van der Waals surface area contributed by atoms with Gasteiger partial charge >= 0.3 is 0 Å². The van der Waals surface area contributed by atoms with E-state index in [2.05, 4.69) is 24.1 Å². The molecule has 3 unspecified atom stereocenters. The summed E-state index contributed by atoms with van der Waals surface area (Å²) in [6.07, 6.45) is 0.493. The van der Waals surface area contributed by atoms with Crippen LogP contribution in [0, 0.1) is 0 Å². The Labute approximate surface area is 149 Å². The Hall–Kier alpha value is -1.92. The molecule has 0 aliphatic carbocycles. The molecule has 1 aromatic rings. The fourth-order valence-corrected chi connectivity index (χ4v) is 3.65. The molecule has 1 N–H and O–H groups in total. The van der Waals surface area contributed by atoms with Gasteiger partial charge in [0.1, 0.15) is 6.04 Å². The van der Waals surface area contributed by atoms with Crippen molar-refractivity contribution in [2.24, 2.45) is 0 Å². The minimum absolute atomic E-state index is 0.0810. The van der Waals surface area contributed by atoms with E-state index in [1.807, 2.05) is 24.3 Å². The van der Waals surface area contributed by atoms with E-state index in [-0.39, 0.29) is 24.0 Å². The van der Waals surface area contributed by atoms with Crippen LogP contribution in [0.1, 0.15) is 36.7 Å². The van der Waals surface area contributed by atoms with Gasteiger partial charge in [0.25, 0.3) is 5.91 Å². The molecule has 0 bridgehead atoms. The molecule has 1 aromatic carbocycles. The van der Waals surface area contributed by atoms with Crippen LogP contribution >= 0.6 is 0 Å². The molecule has 3 atom stereocenters. The number of rotatable bonds is 3. The number of benzene rings is 1. The molecule has 0 saturated carbocycles. The molecule has 3 rings (SSSR count). The molecule has 136 valence electrons. The van der Waals surface area contributed by atoms with Gasteiger partial charge in [-0.15, -0.1) is 0 Å². The second-order valence-electron chi connectivity index (χ2n) is 7.11. The Kier molecular flexibility index (Phi) is 5.39. The van der Waals surface area contributed by atoms with Crippen molar-refractivity contribution in [3.63, 3.8) is 0 Å². The predicted molar refractivity (Wildman–Crippen MR) is 95.2 cm³/mol. The van der Waals surface area contributed by atoms with Gasteiger partial charge < -0.3 is 15.0 Å². The van der Waals surface area contributed by atoms with E-state index in [0.717, 1.165) is 19.6 Å². The Morgan fingerprint density at radius 3 is 2.44 bits per heavy atom. The average Bonchev–Trinajstić information content (AvgIpc) is 2.56. The maximum absolute atomic E-state index is 12.7. The Bertz CT molecular complexity index is 621. The standard InChI is InChI=1S/C19H27N3O3/c1-13-10-21(11-14(2)25-13)12-16-4-6-17(7-5-16)19(24)22-9-8-20-18(23)15(22)3/h4-7,13-15H,8-12H2,1-3H3,(H,20,23). The van der Waals surface area contributed by atoms with Crippen LogP contribution in [-0.4, -0.2) is 66.0 Å². The molecular formula is C19H27N3O3. The fraction of sp³-hybridized carbons (Fsp3) is 0.579. The Morgan fingerprint density at radius 2 is 1.80 bits per heavy atom. The predicted octanol–water partition coefficient (Wildman–Crippen LogP) is 1.26. The molecule has 25 heavy (non-hydrogen) atoms. The molecular weight excluding hydrogens is 318 g/mol. The topological polar surface area (TPSA) is 61.9 Å². The Morgan fingerprint density at radius 1 is 1.16 bits per heavy atom. The summed E-state index contributed by atoms with van der Waals surface area (Å²) >= 11 is 0. The van der Waals surface area contributed by atoms with Crippen LogP contribution in [0.3, 0.4) is 0 Å². The lowest BCUT2D eigenvalue weighted by Crippen LogP contribution is -2.55. The minimum Gasteiger partial charge on any atom is -0.373 e. The van der Waals surface area contributed by atoms with E-state index >= 15 is 0 Å². The highest BCUT2D eigenvalue weighted by atomic mass is 16.5. The third-order valence-corrected chi connectivity index (χ3v) is 4.86. The van der Waals surface area contributed by atoms with Crippen LogP contribution in [0.15, 0.2) is 24.3 Å². The molecule has 0 radical (unpaired) electrons. The second-order valence-corrected chi connectivity index (χ2v) is 7.11. The average molecular weight is 345 g/mol. The molecule has 0 spiro atoms. The minimum atomic E-state index is -0.419. The first-order chi connectivity index (χ1) is 11.9. The maximum Gasteiger partial charge on any atom is 0.254 e. The van der Waals surface area contributed by atoms with Gasteiger partial charge in [-0.2, -0.15) is 0 Å². The van der Waals surface area contributed by atoms with Gasteiger partial charge in [-0.05, 0) is 38.5 Å². The van der Waals surface area contributed by atoms with Crippen molar-refractivity contribution in [1.29, 1.82) is 0 Å². The van der Waals surface area contributed by atoms with E-state index in [1.54, 1.807) is 11.8 Å². The van der Waals surface area contributed by atoms with E-state index < -0.39 is 6.04 Å². The van der Waals surface area contributed by atoms with Crippen molar-refractivity contribution < 1.29 is 14.3 Å². The van der Waals surface area contributed by atoms with Gasteiger partial charge in [-0.1, -0.05) is 12.1 Å². The molecule has 6 nitrogen and oxygen atoms in total. The van der Waals surface area contributed by atoms with Gasteiger partial charge in [0.2, 0.25) is 5.91 Å². The number of piperazine rings is 1. The third kappa shape index (κ3) is 4.19. The van der Waals surface area contributed by atoms with E-state index in [0.29, 0.717) is 18.7 Å². The third-order valence-electron chi connectivity index (χ3n) is 4.86. The zero-order chi connectivity index (χ0) is 18.0. The van der Waals surface area contributed by atoms with Crippen LogP contribution in [-0.2, 0) is 16.1 Å². The first-order valence-corrected chi connectivity index (χ1v) is 8.99. The van der Waals surface area contributed by atoms with Crippen molar-refractivity contribution in [1.82, 2.24) is 15.1 Å². The maximum atomic E-state index is 12.7. The number of carbonyl (C=O) groups excluding carboxylic acids is 2. The summed E-state index contributed by atoms with van der Waals surface area (Å²) in [5.41, 5.74) is 1.82. The summed E-state index contributed by atoms with van der Waals surface area (Å²) in [5.74, 6) is -0.172. The summed E-state index contributed by atoms with van der Waals surface area (Å²) in [7, 11) is 0. The number of morpholine rings is 1. The highest BCUT2D eigenvalue weighted by Crippen LogP contribution is 2.16. The number of hydrogen-bond donors (Lipinski definition) is 1. The molecule has 2 heterocycles. The summed E-state index contributed by atoms with van der Waals surface area (Å²) in [6.45, 7) is 9.73. The monoisotopic (exact) mass is 345 g/mol. The van der Waals surface area contributed by atoms with Crippen LogP contribution in [0.5, 0.6) is 0 Å². The van der Waals surface area contributed by atoms with Crippen molar-refractivity contribution in [3.05, 3.63) is 35.4 Å². The van der Waals surface area contributed by atoms with Crippen LogP contribution in [0.2, 0.25) is 0 Å². The Balaban J connectivity index is 1.63. The lowest BCUT2D eigenvalue weighted by atomic mass is 10.1. The first kappa shape index (κ1) is 17.9. The van der Waals surface area contributed by atoms with Crippen molar-refractivity contribution in [2.75, 3.05) is 26.2 Å². The molecule has 2 fully saturated rings. The number of nitrogens with zero attached hydrogens (tertiary/aromatic N) is 2. The quantitative estimate of drug-likeness (QED) is 0.896. The van der Waals surface area contributed by atoms with E-state index in [1.165, 1.54) is 5.56 Å². The molecule has 2 saturated heterocycles. The fourth-order valence-electron chi connectivity index (χ4n) is 3.65. The van der Waals surface area contributed by atoms with Crippen molar-refractivity contribution in [2.45, 2.75) is 45.6 Å². The summed E-state index contributed by atoms with van der Waals surface area (Å²) < 4.78 is 5.77. The summed E-state index contributed by atoms with van der Waals surface area (Å²) in [5, 5.41) is 2.78. The van der Waals surface area contributed by atoms with Crippen LogP contribution in [0.25, 0.3) is 0 Å². The number of hydrogen-bond acceptors (Lipinski definition) is 4. The SMILES string of the molecule is CC1CN(Cc2ccc(C(=O)N3CCNC(=O)C3C)cc2)CC(C)O1. The first-order valence-electron chi connectivity index (χ1n) is 8.99.